The van der Waals surface area contributed by atoms with Gasteiger partial charge in [0.05, 0.1) is 15.5 Å². The van der Waals surface area contributed by atoms with E-state index in [0.717, 1.165) is 12.1 Å². The van der Waals surface area contributed by atoms with Gasteiger partial charge in [0.25, 0.3) is 5.69 Å². The normalized spacial score (nSPS) is 21.4. The summed E-state index contributed by atoms with van der Waals surface area (Å²) in [6.45, 7) is 1.69. The van der Waals surface area contributed by atoms with Gasteiger partial charge >= 0.3 is 11.9 Å². The number of hydrogen-bond donors (Lipinski definition) is 0. The number of nitro groups is 1. The van der Waals surface area contributed by atoms with E-state index in [1.54, 1.807) is 6.92 Å². The number of esters is 2. The van der Waals surface area contributed by atoms with Crippen molar-refractivity contribution in [3.05, 3.63) is 38.9 Å². The molecule has 1 fully saturated rings. The predicted molar refractivity (Wildman–Crippen MR) is 67.5 cm³/mol. The SMILES string of the molecule is C[C@H]1C[C@@H](OC(=O)c2ccc([N+](=O)[O-])cc2Cl)C(=O)O1. The summed E-state index contributed by atoms with van der Waals surface area (Å²) in [5.41, 5.74) is -0.273. The van der Waals surface area contributed by atoms with Gasteiger partial charge in [-0.15, -0.1) is 0 Å². The van der Waals surface area contributed by atoms with Crippen LogP contribution < -0.4 is 0 Å². The van der Waals surface area contributed by atoms with Crippen molar-refractivity contribution in [3.63, 3.8) is 0 Å². The van der Waals surface area contributed by atoms with Gasteiger partial charge in [0.1, 0.15) is 6.10 Å². The molecule has 1 aliphatic heterocycles. The molecule has 0 amide bonds. The van der Waals surface area contributed by atoms with Crippen molar-refractivity contribution in [2.24, 2.45) is 0 Å². The summed E-state index contributed by atoms with van der Waals surface area (Å²) in [6.07, 6.45) is -1.01. The number of non-ortho nitro benzene ring substituents is 1. The summed E-state index contributed by atoms with van der Waals surface area (Å²) in [6, 6.07) is 3.37. The van der Waals surface area contributed by atoms with Gasteiger partial charge in [0.2, 0.25) is 6.10 Å². The highest BCUT2D eigenvalue weighted by Gasteiger charge is 2.35. The van der Waals surface area contributed by atoms with E-state index in [1.165, 1.54) is 6.07 Å². The van der Waals surface area contributed by atoms with Crippen molar-refractivity contribution in [1.29, 1.82) is 0 Å². The fourth-order valence-corrected chi connectivity index (χ4v) is 2.04. The van der Waals surface area contributed by atoms with Crippen LogP contribution >= 0.6 is 11.6 Å². The van der Waals surface area contributed by atoms with E-state index < -0.39 is 23.0 Å². The van der Waals surface area contributed by atoms with E-state index >= 15 is 0 Å². The number of benzene rings is 1. The largest absolute Gasteiger partial charge is 0.460 e. The molecule has 0 spiro atoms. The average molecular weight is 300 g/mol. The molecule has 0 saturated carbocycles. The van der Waals surface area contributed by atoms with Crippen LogP contribution in [0.15, 0.2) is 18.2 Å². The molecule has 2 atom stereocenters. The Balaban J connectivity index is 2.14. The van der Waals surface area contributed by atoms with Gasteiger partial charge in [-0.25, -0.2) is 9.59 Å². The molecular weight excluding hydrogens is 290 g/mol. The highest BCUT2D eigenvalue weighted by molar-refractivity contribution is 6.33. The van der Waals surface area contributed by atoms with Crippen LogP contribution in [-0.2, 0) is 14.3 Å². The van der Waals surface area contributed by atoms with Crippen LogP contribution in [0.1, 0.15) is 23.7 Å². The molecule has 20 heavy (non-hydrogen) atoms. The standard InChI is InChI=1S/C12H10ClNO6/c1-6-4-10(12(16)19-6)20-11(15)8-3-2-7(14(17)18)5-9(8)13/h2-3,5-6,10H,4H2,1H3/t6-,10+/m0/s1. The maximum atomic E-state index is 11.9. The average Bonchev–Trinajstić information content (AvgIpc) is 2.67. The lowest BCUT2D eigenvalue weighted by atomic mass is 10.2. The Hall–Kier alpha value is -2.15. The minimum atomic E-state index is -0.969. The highest BCUT2D eigenvalue weighted by atomic mass is 35.5. The Kier molecular flexibility index (Phi) is 3.89. The molecule has 0 aliphatic carbocycles. The number of hydrogen-bond acceptors (Lipinski definition) is 6. The quantitative estimate of drug-likeness (QED) is 0.482. The first kappa shape index (κ1) is 14.3. The van der Waals surface area contributed by atoms with Crippen LogP contribution in [0.5, 0.6) is 0 Å². The third-order valence-electron chi connectivity index (χ3n) is 2.76. The molecule has 0 bridgehead atoms. The zero-order valence-electron chi connectivity index (χ0n) is 10.4. The number of carbonyl (C=O) groups excluding carboxylic acids is 2. The van der Waals surface area contributed by atoms with Crippen LogP contribution in [0.4, 0.5) is 5.69 Å². The summed E-state index contributed by atoms with van der Waals surface area (Å²) >= 11 is 5.80. The first-order chi connectivity index (χ1) is 9.38. The monoisotopic (exact) mass is 299 g/mol. The lowest BCUT2D eigenvalue weighted by Gasteiger charge is -2.09. The van der Waals surface area contributed by atoms with Gasteiger partial charge in [0, 0.05) is 18.6 Å². The number of nitro benzene ring substituents is 1. The summed E-state index contributed by atoms with van der Waals surface area (Å²) in [5, 5.41) is 10.5. The zero-order chi connectivity index (χ0) is 14.9. The van der Waals surface area contributed by atoms with Gasteiger partial charge in [0.15, 0.2) is 0 Å². The van der Waals surface area contributed by atoms with Crippen LogP contribution in [0.2, 0.25) is 5.02 Å². The topological polar surface area (TPSA) is 95.7 Å². The summed E-state index contributed by atoms with van der Waals surface area (Å²) in [7, 11) is 0. The van der Waals surface area contributed by atoms with E-state index in [1.807, 2.05) is 0 Å². The van der Waals surface area contributed by atoms with Gasteiger partial charge in [-0.2, -0.15) is 0 Å². The Morgan fingerprint density at radius 3 is 2.75 bits per heavy atom. The van der Waals surface area contributed by atoms with E-state index in [2.05, 4.69) is 0 Å². The summed E-state index contributed by atoms with van der Waals surface area (Å²) in [4.78, 5) is 33.2. The fourth-order valence-electron chi connectivity index (χ4n) is 1.79. The Morgan fingerprint density at radius 2 is 2.25 bits per heavy atom. The van der Waals surface area contributed by atoms with Crippen molar-refractivity contribution in [3.8, 4) is 0 Å². The molecule has 0 radical (unpaired) electrons. The Bertz CT molecular complexity index is 587. The second-order valence-electron chi connectivity index (χ2n) is 4.30. The third-order valence-corrected chi connectivity index (χ3v) is 3.07. The van der Waals surface area contributed by atoms with Crippen LogP contribution in [-0.4, -0.2) is 29.1 Å². The van der Waals surface area contributed by atoms with Crippen LogP contribution in [0.25, 0.3) is 0 Å². The molecule has 2 rings (SSSR count). The number of halogens is 1. The van der Waals surface area contributed by atoms with Gasteiger partial charge in [-0.3, -0.25) is 10.1 Å². The van der Waals surface area contributed by atoms with Crippen molar-refractivity contribution < 1.29 is 24.0 Å². The fraction of sp³-hybridized carbons (Fsp3) is 0.333. The lowest BCUT2D eigenvalue weighted by molar-refractivity contribution is -0.384. The maximum absolute atomic E-state index is 11.9. The first-order valence-electron chi connectivity index (χ1n) is 5.74. The highest BCUT2D eigenvalue weighted by Crippen LogP contribution is 2.25. The predicted octanol–water partition coefficient (Wildman–Crippen LogP) is 2.11. The van der Waals surface area contributed by atoms with Crippen molar-refractivity contribution in [1.82, 2.24) is 0 Å². The van der Waals surface area contributed by atoms with Crippen LogP contribution in [0.3, 0.4) is 0 Å². The van der Waals surface area contributed by atoms with Crippen molar-refractivity contribution in [2.45, 2.75) is 25.6 Å². The van der Waals surface area contributed by atoms with Gasteiger partial charge in [-0.1, -0.05) is 11.6 Å². The zero-order valence-corrected chi connectivity index (χ0v) is 11.1. The van der Waals surface area contributed by atoms with Gasteiger partial charge < -0.3 is 9.47 Å². The lowest BCUT2D eigenvalue weighted by Crippen LogP contribution is -2.22. The second-order valence-corrected chi connectivity index (χ2v) is 4.71. The first-order valence-corrected chi connectivity index (χ1v) is 6.11. The molecule has 0 aromatic heterocycles. The Morgan fingerprint density at radius 1 is 1.55 bits per heavy atom. The third kappa shape index (κ3) is 2.88. The smallest absolute Gasteiger partial charge is 0.347 e. The second kappa shape index (κ2) is 5.46. The molecule has 1 aromatic rings. The molecule has 1 aromatic carbocycles. The number of carbonyl (C=O) groups is 2. The molecule has 8 heteroatoms. The minimum Gasteiger partial charge on any atom is -0.460 e. The number of ether oxygens (including phenoxy) is 2. The molecular formula is C12H10ClNO6. The minimum absolute atomic E-state index is 0.0374. The number of cyclic esters (lactones) is 1. The van der Waals surface area contributed by atoms with Crippen molar-refractivity contribution in [2.75, 3.05) is 0 Å². The van der Waals surface area contributed by atoms with Gasteiger partial charge in [-0.05, 0) is 13.0 Å². The molecule has 1 heterocycles. The summed E-state index contributed by atoms with van der Waals surface area (Å²) in [5.74, 6) is -1.43. The molecule has 1 saturated heterocycles. The van der Waals surface area contributed by atoms with Crippen molar-refractivity contribution >= 4 is 29.2 Å². The maximum Gasteiger partial charge on any atom is 0.347 e. The summed E-state index contributed by atoms with van der Waals surface area (Å²) < 4.78 is 9.85. The molecule has 106 valence electrons. The molecule has 7 nitrogen and oxygen atoms in total. The van der Waals surface area contributed by atoms with E-state index in [9.17, 15) is 19.7 Å². The number of nitrogens with zero attached hydrogens (tertiary/aromatic N) is 1. The molecule has 0 N–H and O–H groups in total. The van der Waals surface area contributed by atoms with E-state index in [0.29, 0.717) is 0 Å². The Labute approximate surface area is 118 Å². The number of rotatable bonds is 3. The molecule has 1 aliphatic rings. The van der Waals surface area contributed by atoms with E-state index in [4.69, 9.17) is 21.1 Å². The van der Waals surface area contributed by atoms with E-state index in [-0.39, 0.29) is 28.8 Å². The van der Waals surface area contributed by atoms with Crippen LogP contribution in [0, 0.1) is 10.1 Å². The molecule has 0 unspecified atom stereocenters.